The second-order valence-electron chi connectivity index (χ2n) is 8.06. The molecule has 2 aromatic carbocycles. The van der Waals surface area contributed by atoms with Crippen LogP contribution in [0.4, 0.5) is 4.39 Å². The number of rotatable bonds is 7. The van der Waals surface area contributed by atoms with E-state index in [1.165, 1.54) is 17.0 Å². The summed E-state index contributed by atoms with van der Waals surface area (Å²) in [6, 6.07) is 13.5. The zero-order chi connectivity index (χ0) is 22.1. The summed E-state index contributed by atoms with van der Waals surface area (Å²) in [5.74, 6) is -1.56. The molecule has 1 unspecified atom stereocenters. The van der Waals surface area contributed by atoms with E-state index in [0.717, 1.165) is 52.9 Å². The number of halogens is 1. The van der Waals surface area contributed by atoms with Crippen molar-refractivity contribution < 1.29 is 19.1 Å². The number of thiol groups is 1. The molecule has 4 nitrogen and oxygen atoms in total. The van der Waals surface area contributed by atoms with Crippen LogP contribution >= 0.6 is 10.9 Å². The van der Waals surface area contributed by atoms with Gasteiger partial charge in [-0.25, -0.2) is 9.18 Å². The van der Waals surface area contributed by atoms with Gasteiger partial charge in [0.25, 0.3) is 0 Å². The van der Waals surface area contributed by atoms with E-state index in [1.807, 2.05) is 12.1 Å². The van der Waals surface area contributed by atoms with E-state index in [0.29, 0.717) is 6.42 Å². The zero-order valence-electron chi connectivity index (χ0n) is 17.4. The highest BCUT2D eigenvalue weighted by atomic mass is 32.2. The van der Waals surface area contributed by atoms with Gasteiger partial charge in [0.15, 0.2) is 0 Å². The summed E-state index contributed by atoms with van der Waals surface area (Å²) in [6.07, 6.45) is 4.33. The fraction of sp³-hybridized carbons (Fsp3) is 0.280. The number of benzene rings is 2. The van der Waals surface area contributed by atoms with Crippen LogP contribution < -0.4 is 5.73 Å². The van der Waals surface area contributed by atoms with Crippen LogP contribution in [0.1, 0.15) is 59.3 Å². The molecule has 0 radical (unpaired) electrons. The molecule has 0 spiro atoms. The second kappa shape index (κ2) is 8.71. The number of primary amides is 1. The van der Waals surface area contributed by atoms with Gasteiger partial charge < -0.3 is 10.8 Å². The number of aryl methyl sites for hydroxylation is 1. The Labute approximate surface area is 184 Å². The molecular weight excluding hydrogens is 413 g/mol. The van der Waals surface area contributed by atoms with Crippen LogP contribution in [0.5, 0.6) is 0 Å². The Kier molecular flexibility index (Phi) is 6.01. The molecule has 3 N–H and O–H groups in total. The molecule has 6 heteroatoms. The lowest BCUT2D eigenvalue weighted by atomic mass is 10.0. The molecule has 0 saturated carbocycles. The number of carbonyl (C=O) groups is 2. The lowest BCUT2D eigenvalue weighted by Crippen LogP contribution is -2.16. The van der Waals surface area contributed by atoms with E-state index in [9.17, 15) is 19.1 Å². The minimum Gasteiger partial charge on any atom is -0.478 e. The van der Waals surface area contributed by atoms with Gasteiger partial charge in [-0.3, -0.25) is 4.79 Å². The Hall–Kier alpha value is -2.86. The minimum absolute atomic E-state index is 0.154. The molecule has 1 heterocycles. The standard InChI is InChI=1S/C25H26FNO3S/c1-15(17-8-10-18(11-9-17)25(29)30)31-21-4-2-3-20(21)23(24(27)28)22(31)14-7-16-5-12-19(26)13-6-16/h5-6,8-13,15,31H,2-4,7,14H2,1H3,(H2,27,28)(H,29,30)/t15-/m0/s1. The highest BCUT2D eigenvalue weighted by molar-refractivity contribution is 8.24. The average molecular weight is 440 g/mol. The first-order valence-electron chi connectivity index (χ1n) is 10.5. The largest absolute Gasteiger partial charge is 0.478 e. The van der Waals surface area contributed by atoms with Crippen LogP contribution in [-0.4, -0.2) is 17.0 Å². The Morgan fingerprint density at radius 1 is 1.06 bits per heavy atom. The smallest absolute Gasteiger partial charge is 0.335 e. The summed E-state index contributed by atoms with van der Waals surface area (Å²) < 4.78 is 13.3. The Balaban J connectivity index is 1.68. The third-order valence-electron chi connectivity index (χ3n) is 6.20. The molecular formula is C25H26FNO3S. The van der Waals surface area contributed by atoms with Gasteiger partial charge in [-0.05, 0) is 82.9 Å². The lowest BCUT2D eigenvalue weighted by molar-refractivity contribution is -0.114. The quantitative estimate of drug-likeness (QED) is 0.505. The van der Waals surface area contributed by atoms with Crippen molar-refractivity contribution in [2.24, 2.45) is 5.73 Å². The van der Waals surface area contributed by atoms with Crippen LogP contribution in [0.25, 0.3) is 0 Å². The number of aromatic carboxylic acids is 1. The van der Waals surface area contributed by atoms with Crippen LogP contribution in [0.2, 0.25) is 0 Å². The van der Waals surface area contributed by atoms with E-state index in [1.54, 1.807) is 24.3 Å². The molecule has 0 saturated heterocycles. The number of nitrogens with two attached hydrogens (primary N) is 1. The molecule has 162 valence electrons. The van der Waals surface area contributed by atoms with Crippen molar-refractivity contribution >= 4 is 22.8 Å². The molecule has 4 rings (SSSR count). The molecule has 0 aromatic heterocycles. The number of carbonyl (C=O) groups excluding carboxylic acids is 1. The van der Waals surface area contributed by atoms with E-state index < -0.39 is 16.9 Å². The summed E-state index contributed by atoms with van der Waals surface area (Å²) in [5, 5.41) is 9.35. The molecule has 2 atom stereocenters. The maximum atomic E-state index is 13.3. The molecule has 1 amide bonds. The molecule has 2 aliphatic rings. The van der Waals surface area contributed by atoms with E-state index in [-0.39, 0.29) is 22.5 Å². The minimum atomic E-state index is -0.942. The molecule has 0 fully saturated rings. The first-order valence-corrected chi connectivity index (χ1v) is 11.9. The van der Waals surface area contributed by atoms with Crippen LogP contribution in [0.15, 0.2) is 69.5 Å². The normalized spacial score (nSPS) is 20.1. The Morgan fingerprint density at radius 2 is 1.74 bits per heavy atom. The topological polar surface area (TPSA) is 80.4 Å². The van der Waals surface area contributed by atoms with E-state index >= 15 is 0 Å². The number of allylic oxidation sites excluding steroid dienone is 2. The predicted molar refractivity (Wildman–Crippen MR) is 123 cm³/mol. The molecule has 2 aromatic rings. The molecule has 0 bridgehead atoms. The number of hydrogen-bond donors (Lipinski definition) is 3. The first-order chi connectivity index (χ1) is 14.9. The van der Waals surface area contributed by atoms with Crippen molar-refractivity contribution in [1.82, 2.24) is 0 Å². The summed E-state index contributed by atoms with van der Waals surface area (Å²) in [5.41, 5.74) is 10.1. The van der Waals surface area contributed by atoms with Gasteiger partial charge in [0.05, 0.1) is 11.1 Å². The van der Waals surface area contributed by atoms with Gasteiger partial charge in [0.1, 0.15) is 5.82 Å². The van der Waals surface area contributed by atoms with Gasteiger partial charge in [-0.1, -0.05) is 31.2 Å². The first kappa shape index (κ1) is 21.4. The summed E-state index contributed by atoms with van der Waals surface area (Å²) >= 11 is 0. The van der Waals surface area contributed by atoms with Crippen molar-refractivity contribution in [1.29, 1.82) is 0 Å². The second-order valence-corrected chi connectivity index (χ2v) is 10.7. The van der Waals surface area contributed by atoms with Crippen LogP contribution in [0, 0.1) is 5.82 Å². The number of amides is 1. The van der Waals surface area contributed by atoms with Gasteiger partial charge >= 0.3 is 5.97 Å². The predicted octanol–water partition coefficient (Wildman–Crippen LogP) is 5.41. The van der Waals surface area contributed by atoms with E-state index in [4.69, 9.17) is 5.73 Å². The van der Waals surface area contributed by atoms with E-state index in [2.05, 4.69) is 6.92 Å². The highest BCUT2D eigenvalue weighted by Crippen LogP contribution is 2.66. The lowest BCUT2D eigenvalue weighted by Gasteiger charge is -2.31. The maximum absolute atomic E-state index is 13.3. The summed E-state index contributed by atoms with van der Waals surface area (Å²) in [4.78, 5) is 26.2. The summed E-state index contributed by atoms with van der Waals surface area (Å²) in [7, 11) is -0.749. The molecule has 1 aliphatic carbocycles. The highest BCUT2D eigenvalue weighted by Gasteiger charge is 2.38. The van der Waals surface area contributed by atoms with Gasteiger partial charge in [0.2, 0.25) is 5.91 Å². The Morgan fingerprint density at radius 3 is 2.35 bits per heavy atom. The van der Waals surface area contributed by atoms with Gasteiger partial charge in [-0.2, -0.15) is 10.9 Å². The monoisotopic (exact) mass is 439 g/mol. The van der Waals surface area contributed by atoms with Crippen molar-refractivity contribution in [3.63, 3.8) is 0 Å². The average Bonchev–Trinajstić information content (AvgIpc) is 3.32. The SMILES string of the molecule is C[C@@H](c1ccc(C(=O)O)cc1)[SH]1C2=C(CCC2)C(C(N)=O)=C1CCc1ccc(F)cc1. The third-order valence-corrected chi connectivity index (χ3v) is 9.37. The number of carboxylic acids is 1. The maximum Gasteiger partial charge on any atom is 0.335 e. The van der Waals surface area contributed by atoms with Crippen LogP contribution in [-0.2, 0) is 11.2 Å². The molecule has 31 heavy (non-hydrogen) atoms. The van der Waals surface area contributed by atoms with Crippen molar-refractivity contribution in [3.8, 4) is 0 Å². The molecule has 1 aliphatic heterocycles. The summed E-state index contributed by atoms with van der Waals surface area (Å²) in [6.45, 7) is 2.16. The van der Waals surface area contributed by atoms with Gasteiger partial charge in [0, 0.05) is 5.25 Å². The third kappa shape index (κ3) is 4.17. The van der Waals surface area contributed by atoms with Crippen molar-refractivity contribution in [2.75, 3.05) is 0 Å². The van der Waals surface area contributed by atoms with Crippen molar-refractivity contribution in [3.05, 3.63) is 92.0 Å². The zero-order valence-corrected chi connectivity index (χ0v) is 18.3. The van der Waals surface area contributed by atoms with Crippen molar-refractivity contribution in [2.45, 2.75) is 44.3 Å². The van der Waals surface area contributed by atoms with Gasteiger partial charge in [-0.15, -0.1) is 0 Å². The number of carboxylic acid groups (broad SMARTS) is 1. The fourth-order valence-electron chi connectivity index (χ4n) is 4.69. The van der Waals surface area contributed by atoms with Crippen LogP contribution in [0.3, 0.4) is 0 Å². The number of hydrogen-bond acceptors (Lipinski definition) is 2. The Bertz CT molecular complexity index is 1090. The fourth-order valence-corrected chi connectivity index (χ4v) is 8.17.